The molecule has 0 nitrogen and oxygen atoms in total. The van der Waals surface area contributed by atoms with Crippen LogP contribution >= 0.6 is 9.30 Å². The molecule has 0 radical (unpaired) electrons. The van der Waals surface area contributed by atoms with Crippen LogP contribution in [0.2, 0.25) is 0 Å². The van der Waals surface area contributed by atoms with Gasteiger partial charge >= 0.3 is 28.7 Å². The van der Waals surface area contributed by atoms with Gasteiger partial charge in [-0.15, -0.1) is 0 Å². The summed E-state index contributed by atoms with van der Waals surface area (Å²) in [6.45, 7) is 15.0. The first-order valence-electron chi connectivity index (χ1n) is 2.31. The number of halogens is 1. The molecule has 50 valence electrons. The molecule has 8 heavy (non-hydrogen) atoms. The molecular weight excluding hydrogens is 155 g/mol. The van der Waals surface area contributed by atoms with E-state index in [0.29, 0.717) is 0 Å². The van der Waals surface area contributed by atoms with E-state index in [1.807, 2.05) is 0 Å². The fourth-order valence-corrected chi connectivity index (χ4v) is 0. The van der Waals surface area contributed by atoms with Gasteiger partial charge in [-0.3, -0.25) is 0 Å². The molecule has 0 bridgehead atoms. The average Bonchev–Trinajstić information content (AvgIpc) is 2.03. The van der Waals surface area contributed by atoms with Gasteiger partial charge in [-0.25, -0.2) is 0 Å². The Morgan fingerprint density at radius 3 is 0.750 bits per heavy atom. The van der Waals surface area contributed by atoms with E-state index in [2.05, 4.69) is 30.1 Å². The van der Waals surface area contributed by atoms with Gasteiger partial charge in [0.05, 0.1) is 0 Å². The van der Waals surface area contributed by atoms with E-state index >= 15 is 0 Å². The predicted molar refractivity (Wildman–Crippen MR) is 38.9 cm³/mol. The third-order valence-electron chi connectivity index (χ3n) is 0. The van der Waals surface area contributed by atoms with Crippen LogP contribution in [0.1, 0.15) is 20.8 Å². The summed E-state index contributed by atoms with van der Waals surface area (Å²) in [6, 6.07) is 0. The fourth-order valence-electron chi connectivity index (χ4n) is 0. The van der Waals surface area contributed by atoms with Crippen molar-refractivity contribution in [2.45, 2.75) is 20.8 Å². The van der Waals surface area contributed by atoms with Gasteiger partial charge in [-0.05, 0) is 0 Å². The summed E-state index contributed by atoms with van der Waals surface area (Å²) in [7, 11) is 4.64. The number of hydrogen-bond donors (Lipinski definition) is 0. The van der Waals surface area contributed by atoms with Crippen molar-refractivity contribution in [1.29, 1.82) is 0 Å². The van der Waals surface area contributed by atoms with Gasteiger partial charge in [-0.2, -0.15) is 20.8 Å². The summed E-state index contributed by atoms with van der Waals surface area (Å²) in [5, 5.41) is 0. The van der Waals surface area contributed by atoms with Crippen molar-refractivity contribution in [2.24, 2.45) is 0 Å². The second-order valence-electron chi connectivity index (χ2n) is 0. The van der Waals surface area contributed by atoms with Crippen LogP contribution in [0, 0.1) is 20.8 Å². The summed E-state index contributed by atoms with van der Waals surface area (Å²) in [5.74, 6) is 0. The van der Waals surface area contributed by atoms with Crippen molar-refractivity contribution in [2.75, 3.05) is 0 Å². The Labute approximate surface area is 70.3 Å². The maximum atomic E-state index is 4.64. The second-order valence-corrected chi connectivity index (χ2v) is 0. The van der Waals surface area contributed by atoms with Crippen LogP contribution in [0.3, 0.4) is 0 Å². The van der Waals surface area contributed by atoms with E-state index < -0.39 is 0 Å². The fraction of sp³-hybridized carbons (Fsp3) is 0.500. The van der Waals surface area contributed by atoms with Crippen LogP contribution in [0.25, 0.3) is 0 Å². The van der Waals surface area contributed by atoms with E-state index in [1.54, 1.807) is 20.8 Å². The standard InChI is InChI=1S/3C2H5.ClH.Ti/c3*1-2;;/h3*1H2,2H3;1H;/q3*-1;;+4/p-1. The van der Waals surface area contributed by atoms with Crippen molar-refractivity contribution in [3.63, 3.8) is 0 Å². The van der Waals surface area contributed by atoms with Gasteiger partial charge in [0.25, 0.3) is 0 Å². The molecule has 0 aromatic heterocycles. The number of rotatable bonds is 0. The van der Waals surface area contributed by atoms with Gasteiger partial charge in [0.2, 0.25) is 0 Å². The zero-order valence-corrected chi connectivity index (χ0v) is 8.32. The van der Waals surface area contributed by atoms with Gasteiger partial charge in [0.15, 0.2) is 0 Å². The Bertz CT molecular complexity index is 8.49. The first kappa shape index (κ1) is 23.0. The Morgan fingerprint density at radius 2 is 0.750 bits per heavy atom. The van der Waals surface area contributed by atoms with E-state index in [1.165, 1.54) is 19.4 Å². The molecule has 0 saturated heterocycles. The van der Waals surface area contributed by atoms with Gasteiger partial charge in [0.1, 0.15) is 0 Å². The van der Waals surface area contributed by atoms with Gasteiger partial charge in [0, 0.05) is 0 Å². The molecule has 0 aromatic rings. The SMILES string of the molecule is [CH2-]C.[CH2-]C.[CH2-]C.[Cl][Ti+3]. The molecule has 0 amide bonds. The van der Waals surface area contributed by atoms with Crippen molar-refractivity contribution in [3.05, 3.63) is 20.8 Å². The van der Waals surface area contributed by atoms with Crippen molar-refractivity contribution in [1.82, 2.24) is 0 Å². The second kappa shape index (κ2) is 389. The number of hydrogen-bond acceptors (Lipinski definition) is 0. The van der Waals surface area contributed by atoms with Crippen LogP contribution in [0.4, 0.5) is 0 Å². The zero-order valence-electron chi connectivity index (χ0n) is 6.00. The first-order valence-corrected chi connectivity index (χ1v) is 4.46. The molecule has 0 rings (SSSR count). The molecule has 2 heteroatoms. The van der Waals surface area contributed by atoms with Gasteiger partial charge < -0.3 is 20.8 Å². The molecule has 0 saturated carbocycles. The molecule has 0 spiro atoms. The summed E-state index contributed by atoms with van der Waals surface area (Å²) in [5.41, 5.74) is 0. The Hall–Kier alpha value is 1.00. The zero-order chi connectivity index (χ0) is 8.00. The quantitative estimate of drug-likeness (QED) is 0.387. The van der Waals surface area contributed by atoms with E-state index in [9.17, 15) is 0 Å². The third kappa shape index (κ3) is 250. The molecule has 0 aromatic carbocycles. The monoisotopic (exact) mass is 170 g/mol. The van der Waals surface area contributed by atoms with E-state index in [0.717, 1.165) is 0 Å². The third-order valence-corrected chi connectivity index (χ3v) is 0. The molecule has 0 aliphatic carbocycles. The molecule has 0 fully saturated rings. The van der Waals surface area contributed by atoms with Crippen molar-refractivity contribution >= 4 is 9.30 Å². The van der Waals surface area contributed by atoms with Crippen LogP contribution in [0.5, 0.6) is 0 Å². The Morgan fingerprint density at radius 1 is 0.750 bits per heavy atom. The summed E-state index contributed by atoms with van der Waals surface area (Å²) in [6.07, 6.45) is 0. The van der Waals surface area contributed by atoms with Crippen molar-refractivity contribution in [3.8, 4) is 0 Å². The molecule has 0 unspecified atom stereocenters. The summed E-state index contributed by atoms with van der Waals surface area (Å²) in [4.78, 5) is 0. The van der Waals surface area contributed by atoms with Crippen molar-refractivity contribution < 1.29 is 19.4 Å². The van der Waals surface area contributed by atoms with E-state index in [4.69, 9.17) is 0 Å². The summed E-state index contributed by atoms with van der Waals surface area (Å²) >= 11 is 1.47. The van der Waals surface area contributed by atoms with E-state index in [-0.39, 0.29) is 0 Å². The molecule has 0 heterocycles. The average molecular weight is 171 g/mol. The molecule has 0 atom stereocenters. The normalized spacial score (nSPS) is 3.12. The predicted octanol–water partition coefficient (Wildman–Crippen LogP) is 3.21. The Kier molecular flexibility index (Phi) is 1120. The molecule has 0 aliphatic heterocycles. The first-order chi connectivity index (χ1) is 4.00. The Balaban J connectivity index is -0.0000000133. The topological polar surface area (TPSA) is 0 Å². The molecule has 0 aliphatic rings. The minimum atomic E-state index is 1.47. The minimum absolute atomic E-state index is 1.47. The molecule has 0 N–H and O–H groups in total. The van der Waals surface area contributed by atoms with Crippen LogP contribution < -0.4 is 0 Å². The van der Waals surface area contributed by atoms with Crippen LogP contribution in [-0.4, -0.2) is 0 Å². The van der Waals surface area contributed by atoms with Gasteiger partial charge in [-0.1, -0.05) is 0 Å². The summed E-state index contributed by atoms with van der Waals surface area (Å²) < 4.78 is 0. The maximum absolute atomic E-state index is 4.64. The van der Waals surface area contributed by atoms with Crippen LogP contribution in [0.15, 0.2) is 0 Å². The van der Waals surface area contributed by atoms with Crippen LogP contribution in [-0.2, 0) is 19.4 Å². The molecular formula is C6H15ClTi.